The van der Waals surface area contributed by atoms with Crippen LogP contribution in [0.25, 0.3) is 0 Å². The molecule has 17 nitrogen and oxygen atoms in total. The molecule has 19 heteroatoms. The smallest absolute Gasteiger partial charge is 0.462 e. The van der Waals surface area contributed by atoms with E-state index in [-0.39, 0.29) is 25.7 Å². The fraction of sp³-hybridized carbons (Fsp3) is 0.955. The Hall–Kier alpha value is -1.94. The lowest BCUT2D eigenvalue weighted by Crippen LogP contribution is -2.30. The first kappa shape index (κ1) is 106. The molecule has 0 aliphatic rings. The van der Waals surface area contributed by atoms with Crippen molar-refractivity contribution < 1.29 is 80.2 Å². The fourth-order valence-electron chi connectivity index (χ4n) is 13.8. The summed E-state index contributed by atoms with van der Waals surface area (Å²) in [5.41, 5.74) is 0. The van der Waals surface area contributed by atoms with E-state index in [1.165, 1.54) is 270 Å². The summed E-state index contributed by atoms with van der Waals surface area (Å²) >= 11 is 0. The summed E-state index contributed by atoms with van der Waals surface area (Å²) in [6.07, 6.45) is 68.0. The standard InChI is InChI=1S/C89H174O17P2/c1-9-81(7)67-59-51-43-34-28-22-17-19-24-30-36-45-53-61-69-86(91)99-75-84(105-88(93)71-63-55-47-37-31-25-16-14-12-11-13-15-21-27-33-41-49-57-65-79(3)4)77-103-107(95,96)101-73-83(90)74-102-108(97,98)104-78-85(76-100-87(92)70-62-54-46-40-39-42-50-58-66-80(5)6)106-89(94)72-64-56-48-38-32-26-20-18-23-29-35-44-52-60-68-82(8)10-2/h79-85,90H,9-78H2,1-8H3,(H,95,96)(H,97,98)/t81?,82?,83-,84-,85-/m1/s1. The topological polar surface area (TPSA) is 237 Å². The van der Waals surface area contributed by atoms with Gasteiger partial charge in [0, 0.05) is 25.7 Å². The Balaban J connectivity index is 5.25. The number of phosphoric acid groups is 2. The molecule has 0 rings (SSSR count). The van der Waals surface area contributed by atoms with Gasteiger partial charge in [-0.05, 0) is 49.4 Å². The van der Waals surface area contributed by atoms with Gasteiger partial charge in [0.25, 0.3) is 0 Å². The molecule has 0 aliphatic carbocycles. The van der Waals surface area contributed by atoms with Crippen molar-refractivity contribution in [3.8, 4) is 0 Å². The molecule has 0 aliphatic heterocycles. The van der Waals surface area contributed by atoms with Crippen LogP contribution < -0.4 is 0 Å². The van der Waals surface area contributed by atoms with Gasteiger partial charge in [-0.2, -0.15) is 0 Å². The molecule has 108 heavy (non-hydrogen) atoms. The van der Waals surface area contributed by atoms with Crippen molar-refractivity contribution in [2.24, 2.45) is 23.7 Å². The lowest BCUT2D eigenvalue weighted by Gasteiger charge is -2.21. The second-order valence-corrected chi connectivity index (χ2v) is 36.3. The largest absolute Gasteiger partial charge is 0.472 e. The normalized spacial score (nSPS) is 14.4. The van der Waals surface area contributed by atoms with Gasteiger partial charge in [-0.25, -0.2) is 9.13 Å². The first-order valence-corrected chi connectivity index (χ1v) is 48.8. The Kier molecular flexibility index (Phi) is 76.2. The second kappa shape index (κ2) is 77.6. The Morgan fingerprint density at radius 3 is 0.657 bits per heavy atom. The number of hydrogen-bond donors (Lipinski definition) is 3. The molecule has 3 N–H and O–H groups in total. The highest BCUT2D eigenvalue weighted by Gasteiger charge is 2.31. The van der Waals surface area contributed by atoms with E-state index in [0.717, 1.165) is 114 Å². The second-order valence-electron chi connectivity index (χ2n) is 33.4. The predicted molar refractivity (Wildman–Crippen MR) is 446 cm³/mol. The van der Waals surface area contributed by atoms with Gasteiger partial charge in [-0.3, -0.25) is 37.3 Å². The number of carbonyl (C=O) groups excluding carboxylic acids is 4. The summed E-state index contributed by atoms with van der Waals surface area (Å²) in [4.78, 5) is 73.3. The first-order valence-electron chi connectivity index (χ1n) is 45.8. The van der Waals surface area contributed by atoms with E-state index in [4.69, 9.17) is 37.0 Å². The maximum atomic E-state index is 13.2. The van der Waals surface area contributed by atoms with E-state index in [9.17, 15) is 43.2 Å². The van der Waals surface area contributed by atoms with Crippen molar-refractivity contribution in [3.63, 3.8) is 0 Å². The summed E-state index contributed by atoms with van der Waals surface area (Å²) in [7, 11) is -9.94. The molecule has 0 fully saturated rings. The summed E-state index contributed by atoms with van der Waals surface area (Å²) in [6.45, 7) is 14.4. The molecule has 0 aromatic heterocycles. The number of carbonyl (C=O) groups is 4. The Morgan fingerprint density at radius 1 is 0.259 bits per heavy atom. The Bertz CT molecular complexity index is 2100. The van der Waals surface area contributed by atoms with Gasteiger partial charge in [0.1, 0.15) is 19.3 Å². The molecule has 0 bridgehead atoms. The SMILES string of the molecule is CCC(C)CCCCCCCCCCCCCCCCC(=O)OC[C@H](COP(=O)(O)OC[C@@H](O)COP(=O)(O)OC[C@@H](COC(=O)CCCCCCCCCCC(C)C)OC(=O)CCCCCCCCCCCCCCCCC(C)CC)OC(=O)CCCCCCCCCCCCCCCCCCCCC(C)C. The quantitative estimate of drug-likeness (QED) is 0.0222. The molecular formula is C89H174O17P2. The third-order valence-electron chi connectivity index (χ3n) is 21.5. The number of phosphoric ester groups is 2. The maximum Gasteiger partial charge on any atom is 0.472 e. The molecule has 642 valence electrons. The maximum absolute atomic E-state index is 13.2. The van der Waals surface area contributed by atoms with Gasteiger partial charge in [-0.1, -0.05) is 415 Å². The minimum absolute atomic E-state index is 0.107. The molecule has 0 saturated heterocycles. The van der Waals surface area contributed by atoms with Crippen molar-refractivity contribution in [1.29, 1.82) is 0 Å². The summed E-state index contributed by atoms with van der Waals surface area (Å²) < 4.78 is 69.0. The van der Waals surface area contributed by atoms with E-state index in [0.29, 0.717) is 25.7 Å². The summed E-state index contributed by atoms with van der Waals surface area (Å²) in [6, 6.07) is 0. The first-order chi connectivity index (χ1) is 52.2. The molecular weight excluding hydrogens is 1400 g/mol. The van der Waals surface area contributed by atoms with Crippen LogP contribution in [0.15, 0.2) is 0 Å². The third kappa shape index (κ3) is 79.3. The highest BCUT2D eigenvalue weighted by atomic mass is 31.2. The molecule has 4 unspecified atom stereocenters. The molecule has 0 heterocycles. The number of aliphatic hydroxyl groups is 1. The molecule has 7 atom stereocenters. The highest BCUT2D eigenvalue weighted by molar-refractivity contribution is 7.47. The number of rotatable bonds is 86. The van der Waals surface area contributed by atoms with Crippen LogP contribution in [-0.4, -0.2) is 96.7 Å². The van der Waals surface area contributed by atoms with Crippen LogP contribution in [0.4, 0.5) is 0 Å². The number of unbranched alkanes of at least 4 members (excludes halogenated alkanes) is 50. The van der Waals surface area contributed by atoms with Gasteiger partial charge >= 0.3 is 39.5 Å². The van der Waals surface area contributed by atoms with Gasteiger partial charge < -0.3 is 33.8 Å². The molecule has 0 radical (unpaired) electrons. The molecule has 0 amide bonds. The van der Waals surface area contributed by atoms with Crippen LogP contribution in [0.2, 0.25) is 0 Å². The number of hydrogen-bond acceptors (Lipinski definition) is 15. The highest BCUT2D eigenvalue weighted by Crippen LogP contribution is 2.45. The van der Waals surface area contributed by atoms with Gasteiger partial charge in [-0.15, -0.1) is 0 Å². The van der Waals surface area contributed by atoms with Crippen molar-refractivity contribution in [2.75, 3.05) is 39.6 Å². The predicted octanol–water partition coefficient (Wildman–Crippen LogP) is 27.1. The fourth-order valence-corrected chi connectivity index (χ4v) is 15.4. The average molecular weight is 1580 g/mol. The van der Waals surface area contributed by atoms with Crippen LogP contribution in [0, 0.1) is 23.7 Å². The lowest BCUT2D eigenvalue weighted by atomic mass is 9.99. The van der Waals surface area contributed by atoms with Crippen molar-refractivity contribution >= 4 is 39.5 Å². The summed E-state index contributed by atoms with van der Waals surface area (Å²) in [5, 5.41) is 10.7. The van der Waals surface area contributed by atoms with Gasteiger partial charge in [0.05, 0.1) is 26.4 Å². The number of esters is 4. The van der Waals surface area contributed by atoms with Crippen LogP contribution >= 0.6 is 15.6 Å². The Labute approximate surface area is 664 Å². The van der Waals surface area contributed by atoms with E-state index in [1.54, 1.807) is 0 Å². The number of aliphatic hydroxyl groups excluding tert-OH is 1. The minimum atomic E-state index is -4.97. The van der Waals surface area contributed by atoms with E-state index in [1.807, 2.05) is 0 Å². The van der Waals surface area contributed by atoms with Crippen LogP contribution in [-0.2, 0) is 65.4 Å². The molecule has 0 aromatic rings. The zero-order valence-corrected chi connectivity index (χ0v) is 73.3. The van der Waals surface area contributed by atoms with Crippen molar-refractivity contribution in [3.05, 3.63) is 0 Å². The average Bonchev–Trinajstić information content (AvgIpc) is 0.902. The van der Waals surface area contributed by atoms with E-state index >= 15 is 0 Å². The Morgan fingerprint density at radius 2 is 0.444 bits per heavy atom. The number of ether oxygens (including phenoxy) is 4. The third-order valence-corrected chi connectivity index (χ3v) is 23.4. The molecule has 0 aromatic carbocycles. The van der Waals surface area contributed by atoms with Crippen LogP contribution in [0.3, 0.4) is 0 Å². The summed E-state index contributed by atoms with van der Waals surface area (Å²) in [5.74, 6) is 1.14. The van der Waals surface area contributed by atoms with Crippen molar-refractivity contribution in [2.45, 2.75) is 485 Å². The van der Waals surface area contributed by atoms with Crippen molar-refractivity contribution in [1.82, 2.24) is 0 Å². The van der Waals surface area contributed by atoms with E-state index < -0.39 is 97.5 Å². The van der Waals surface area contributed by atoms with E-state index in [2.05, 4.69) is 55.4 Å². The monoisotopic (exact) mass is 1580 g/mol. The van der Waals surface area contributed by atoms with Gasteiger partial charge in [0.15, 0.2) is 12.2 Å². The van der Waals surface area contributed by atoms with Crippen LogP contribution in [0.1, 0.15) is 466 Å². The zero-order chi connectivity index (χ0) is 79.5. The van der Waals surface area contributed by atoms with Gasteiger partial charge in [0.2, 0.25) is 0 Å². The zero-order valence-electron chi connectivity index (χ0n) is 71.5. The lowest BCUT2D eigenvalue weighted by molar-refractivity contribution is -0.161. The minimum Gasteiger partial charge on any atom is -0.462 e. The molecule has 0 spiro atoms. The molecule has 0 saturated carbocycles. The van der Waals surface area contributed by atoms with Crippen LogP contribution in [0.5, 0.6) is 0 Å².